The highest BCUT2D eigenvalue weighted by molar-refractivity contribution is 6.28. The molecule has 4 heterocycles. The molecule has 1 saturated heterocycles. The van der Waals surface area contributed by atoms with E-state index in [1.54, 1.807) is 42.7 Å². The molecule has 0 radical (unpaired) electrons. The van der Waals surface area contributed by atoms with Crippen molar-refractivity contribution in [2.24, 2.45) is 0 Å². The summed E-state index contributed by atoms with van der Waals surface area (Å²) in [5, 5.41) is 30.1. The first-order valence-corrected chi connectivity index (χ1v) is 12.2. The molecule has 15 heteroatoms. The number of ether oxygens (including phenoxy) is 2. The van der Waals surface area contributed by atoms with E-state index in [4.69, 9.17) is 26.8 Å². The number of pyridine rings is 1. The lowest BCUT2D eigenvalue weighted by Gasteiger charge is -2.27. The highest BCUT2D eigenvalue weighted by Gasteiger charge is 2.52. The Morgan fingerprint density at radius 1 is 1.15 bits per heavy atom. The summed E-state index contributed by atoms with van der Waals surface area (Å²) in [6, 6.07) is 10.1. The van der Waals surface area contributed by atoms with Crippen molar-refractivity contribution < 1.29 is 38.8 Å². The first-order valence-electron chi connectivity index (χ1n) is 11.8. The number of hydrogen-bond acceptors (Lipinski definition) is 10. The number of aliphatic carboxylic acids is 2. The van der Waals surface area contributed by atoms with Crippen molar-refractivity contribution in [3.63, 3.8) is 0 Å². The molecular formula is C25H22ClFN6O7. The van der Waals surface area contributed by atoms with E-state index in [2.05, 4.69) is 19.9 Å². The minimum Gasteiger partial charge on any atom is -0.479 e. The van der Waals surface area contributed by atoms with Crippen LogP contribution in [0.2, 0.25) is 5.28 Å². The Morgan fingerprint density at radius 3 is 2.52 bits per heavy atom. The average molecular weight is 573 g/mol. The molecule has 1 fully saturated rings. The summed E-state index contributed by atoms with van der Waals surface area (Å²) in [5.74, 6) is -3.61. The number of fused-ring (bicyclic) bond motifs is 1. The van der Waals surface area contributed by atoms with Crippen LogP contribution in [0.4, 0.5) is 10.2 Å². The minimum atomic E-state index is -2.75. The Kier molecular flexibility index (Phi) is 7.33. The van der Waals surface area contributed by atoms with Crippen LogP contribution in [-0.4, -0.2) is 82.3 Å². The summed E-state index contributed by atoms with van der Waals surface area (Å²) >= 11 is 5.86. The van der Waals surface area contributed by atoms with E-state index in [9.17, 15) is 24.9 Å². The van der Waals surface area contributed by atoms with Gasteiger partial charge in [-0.05, 0) is 34.4 Å². The monoisotopic (exact) mass is 572 g/mol. The van der Waals surface area contributed by atoms with Gasteiger partial charge in [0.15, 0.2) is 23.9 Å². The average Bonchev–Trinajstić information content (AvgIpc) is 3.47. The van der Waals surface area contributed by atoms with Gasteiger partial charge in [-0.15, -0.1) is 0 Å². The third kappa shape index (κ3) is 4.93. The molecule has 1 aliphatic rings. The van der Waals surface area contributed by atoms with E-state index in [-0.39, 0.29) is 22.3 Å². The fourth-order valence-electron chi connectivity index (χ4n) is 4.44. The smallest absolute Gasteiger partial charge is 0.348 e. The van der Waals surface area contributed by atoms with Crippen molar-refractivity contribution >= 4 is 40.5 Å². The molecule has 3 aromatic heterocycles. The number of hydrogen-bond donors (Lipinski definition) is 4. The molecule has 13 nitrogen and oxygen atoms in total. The number of aromatic nitrogens is 5. The Morgan fingerprint density at radius 2 is 1.88 bits per heavy atom. The number of anilines is 1. The second kappa shape index (κ2) is 10.7. The van der Waals surface area contributed by atoms with Crippen molar-refractivity contribution in [1.29, 1.82) is 0 Å². The summed E-state index contributed by atoms with van der Waals surface area (Å²) in [6.45, 7) is -0.755. The third-order valence-corrected chi connectivity index (χ3v) is 6.74. The van der Waals surface area contributed by atoms with Crippen molar-refractivity contribution in [2.75, 3.05) is 12.3 Å². The summed E-state index contributed by atoms with van der Waals surface area (Å²) in [4.78, 5) is 40.3. The molecule has 0 amide bonds. The number of halogens is 2. The zero-order chi connectivity index (χ0) is 28.6. The van der Waals surface area contributed by atoms with Gasteiger partial charge in [-0.25, -0.2) is 19.0 Å². The lowest BCUT2D eigenvalue weighted by molar-refractivity contribution is -0.190. The number of benzene rings is 1. The van der Waals surface area contributed by atoms with Crippen LogP contribution >= 0.6 is 11.6 Å². The maximum atomic E-state index is 15.2. The van der Waals surface area contributed by atoms with E-state index >= 15 is 4.39 Å². The summed E-state index contributed by atoms with van der Waals surface area (Å²) in [6.07, 6.45) is -2.84. The number of nitrogen functional groups attached to an aromatic ring is 1. The molecule has 0 spiro atoms. The van der Waals surface area contributed by atoms with E-state index in [1.165, 1.54) is 6.33 Å². The first-order chi connectivity index (χ1) is 19.1. The van der Waals surface area contributed by atoms with Gasteiger partial charge < -0.3 is 30.5 Å². The third-order valence-electron chi connectivity index (χ3n) is 6.58. The Bertz CT molecular complexity index is 1540. The standard InChI is InChI=1S/C25H22ClFN6O7/c26-24-31-19(28)17-20(32-24)33(11-30-17)21-16(27)18(34)15(40-21)10-39-25(22(35)36,23(37)38)8-12-3-5-13(6-4-12)14-2-1-7-29-9-14/h1-7,9,11,15-16,18,21,34H,8,10H2,(H,35,36)(H,37,38)(H2,28,31,32)/t15-,16+,18-,21-/m1/s1. The Balaban J connectivity index is 1.35. The zero-order valence-corrected chi connectivity index (χ0v) is 21.2. The van der Waals surface area contributed by atoms with Gasteiger partial charge >= 0.3 is 11.9 Å². The Hall–Kier alpha value is -4.24. The van der Waals surface area contributed by atoms with Crippen molar-refractivity contribution in [1.82, 2.24) is 24.5 Å². The normalized spacial score (nSPS) is 21.1. The second-order valence-corrected chi connectivity index (χ2v) is 9.40. The number of nitrogens with two attached hydrogens (primary N) is 1. The SMILES string of the molecule is Nc1nc(Cl)nc2c1ncn2[C@@H]1O[C@H](COC(Cc2ccc(-c3cccnc3)cc2)(C(=O)O)C(=O)O)[C@@H](O)[C@@H]1F. The molecule has 1 aliphatic heterocycles. The molecule has 40 heavy (non-hydrogen) atoms. The second-order valence-electron chi connectivity index (χ2n) is 9.07. The minimum absolute atomic E-state index is 0.0408. The highest BCUT2D eigenvalue weighted by atomic mass is 35.5. The predicted molar refractivity (Wildman–Crippen MR) is 137 cm³/mol. The van der Waals surface area contributed by atoms with Crippen LogP contribution in [0.1, 0.15) is 11.8 Å². The van der Waals surface area contributed by atoms with Gasteiger partial charge in [0.05, 0.1) is 12.9 Å². The van der Waals surface area contributed by atoms with Gasteiger partial charge in [0.25, 0.3) is 5.60 Å². The molecule has 0 bridgehead atoms. The molecule has 5 rings (SSSR count). The summed E-state index contributed by atoms with van der Waals surface area (Å²) < 4.78 is 27.4. The predicted octanol–water partition coefficient (Wildman–Crippen LogP) is 1.89. The van der Waals surface area contributed by atoms with Gasteiger partial charge in [0.2, 0.25) is 5.28 Å². The lowest BCUT2D eigenvalue weighted by atomic mass is 9.93. The van der Waals surface area contributed by atoms with E-state index < -0.39 is 55.2 Å². The van der Waals surface area contributed by atoms with Crippen LogP contribution in [0.25, 0.3) is 22.3 Å². The number of carbonyl (C=O) groups is 2. The fourth-order valence-corrected chi connectivity index (χ4v) is 4.61. The number of aliphatic hydroxyl groups excluding tert-OH is 1. The maximum Gasteiger partial charge on any atom is 0.348 e. The van der Waals surface area contributed by atoms with Crippen molar-refractivity contribution in [2.45, 2.75) is 36.6 Å². The molecule has 4 aromatic rings. The van der Waals surface area contributed by atoms with Crippen LogP contribution in [0.3, 0.4) is 0 Å². The van der Waals surface area contributed by atoms with Crippen LogP contribution in [-0.2, 0) is 25.5 Å². The topological polar surface area (TPSA) is 196 Å². The first kappa shape index (κ1) is 27.3. The number of rotatable bonds is 9. The number of aliphatic hydroxyl groups is 1. The molecule has 4 atom stereocenters. The zero-order valence-electron chi connectivity index (χ0n) is 20.5. The van der Waals surface area contributed by atoms with E-state index in [1.807, 2.05) is 6.07 Å². The number of carboxylic acid groups (broad SMARTS) is 2. The summed E-state index contributed by atoms with van der Waals surface area (Å²) in [5.41, 5.74) is 5.16. The molecule has 208 valence electrons. The number of nitrogens with zero attached hydrogens (tertiary/aromatic N) is 5. The molecule has 1 aromatic carbocycles. The highest BCUT2D eigenvalue weighted by Crippen LogP contribution is 2.35. The molecule has 5 N–H and O–H groups in total. The van der Waals surface area contributed by atoms with E-state index in [0.29, 0.717) is 5.56 Å². The lowest BCUT2D eigenvalue weighted by Crippen LogP contribution is -2.52. The van der Waals surface area contributed by atoms with Gasteiger partial charge in [-0.1, -0.05) is 30.3 Å². The molecular weight excluding hydrogens is 551 g/mol. The van der Waals surface area contributed by atoms with Crippen LogP contribution in [0.5, 0.6) is 0 Å². The van der Waals surface area contributed by atoms with Crippen molar-refractivity contribution in [3.8, 4) is 11.1 Å². The van der Waals surface area contributed by atoms with Crippen LogP contribution in [0.15, 0.2) is 55.1 Å². The largest absolute Gasteiger partial charge is 0.479 e. The molecule has 0 aliphatic carbocycles. The number of carboxylic acids is 2. The van der Waals surface area contributed by atoms with Gasteiger partial charge in [0.1, 0.15) is 17.7 Å². The number of alkyl halides is 1. The fraction of sp³-hybridized carbons (Fsp3) is 0.280. The molecule has 0 unspecified atom stereocenters. The van der Waals surface area contributed by atoms with Gasteiger partial charge in [-0.2, -0.15) is 9.97 Å². The van der Waals surface area contributed by atoms with Gasteiger partial charge in [0, 0.05) is 18.8 Å². The van der Waals surface area contributed by atoms with E-state index in [0.717, 1.165) is 15.7 Å². The Labute approximate surface area is 230 Å². The van der Waals surface area contributed by atoms with Crippen LogP contribution < -0.4 is 5.73 Å². The van der Waals surface area contributed by atoms with Crippen LogP contribution in [0, 0.1) is 0 Å². The molecule has 0 saturated carbocycles. The summed E-state index contributed by atoms with van der Waals surface area (Å²) in [7, 11) is 0. The van der Waals surface area contributed by atoms with Crippen molar-refractivity contribution in [3.05, 3.63) is 66.0 Å². The maximum absolute atomic E-state index is 15.2. The van der Waals surface area contributed by atoms with Gasteiger partial charge in [-0.3, -0.25) is 9.55 Å². The quantitative estimate of drug-likeness (QED) is 0.168. The number of imidazole rings is 1.